The van der Waals surface area contributed by atoms with Crippen LogP contribution in [0, 0.1) is 0 Å². The smallest absolute Gasteiger partial charge is 0.348 e. The van der Waals surface area contributed by atoms with Gasteiger partial charge in [-0.2, -0.15) is 0 Å². The topological polar surface area (TPSA) is 140 Å². The van der Waals surface area contributed by atoms with E-state index in [2.05, 4.69) is 37.5 Å². The van der Waals surface area contributed by atoms with Crippen molar-refractivity contribution in [3.8, 4) is 0 Å². The largest absolute Gasteiger partial charge is 0.448 e. The fourth-order valence-corrected chi connectivity index (χ4v) is 10.3. The molecule has 0 amide bonds. The van der Waals surface area contributed by atoms with Gasteiger partial charge in [0.05, 0.1) is 24.4 Å². The molecule has 10 heteroatoms. The molecule has 0 aromatic heterocycles. The van der Waals surface area contributed by atoms with Gasteiger partial charge in [-0.05, 0) is 77.3 Å². The van der Waals surface area contributed by atoms with Crippen molar-refractivity contribution in [3.05, 3.63) is 0 Å². The zero-order valence-electron chi connectivity index (χ0n) is 46.7. The predicted octanol–water partition coefficient (Wildman–Crippen LogP) is 14.3. The maximum atomic E-state index is 13.1. The summed E-state index contributed by atoms with van der Waals surface area (Å²) in [6, 6.07) is 0. The van der Waals surface area contributed by atoms with Gasteiger partial charge in [-0.25, -0.2) is 9.59 Å². The van der Waals surface area contributed by atoms with Crippen LogP contribution in [0.5, 0.6) is 0 Å². The van der Waals surface area contributed by atoms with Gasteiger partial charge in [0.25, 0.3) is 0 Å². The van der Waals surface area contributed by atoms with Crippen molar-refractivity contribution < 1.29 is 39.5 Å². The van der Waals surface area contributed by atoms with Crippen LogP contribution in [0.25, 0.3) is 0 Å². The monoisotopic (exact) mass is 995 g/mol. The molecule has 0 bridgehead atoms. The van der Waals surface area contributed by atoms with Gasteiger partial charge in [0.15, 0.2) is 12.2 Å². The Labute approximate surface area is 433 Å². The maximum Gasteiger partial charge on any atom is 0.348 e. The van der Waals surface area contributed by atoms with E-state index in [0.717, 1.165) is 89.9 Å². The molecule has 416 valence electrons. The number of hydrogen-bond acceptors (Lipinski definition) is 10. The highest BCUT2D eigenvalue weighted by Gasteiger charge is 2.37. The molecule has 0 aliphatic carbocycles. The van der Waals surface area contributed by atoms with Gasteiger partial charge in [0.2, 0.25) is 0 Å². The van der Waals surface area contributed by atoms with Gasteiger partial charge >= 0.3 is 11.9 Å². The van der Waals surface area contributed by atoms with Crippen LogP contribution < -0.4 is 0 Å². The zero-order valence-corrected chi connectivity index (χ0v) is 46.7. The second-order valence-corrected chi connectivity index (χ2v) is 22.0. The number of aliphatic hydroxyl groups is 4. The second-order valence-electron chi connectivity index (χ2n) is 22.0. The number of hydrogen-bond donors (Lipinski definition) is 4. The minimum absolute atomic E-state index is 0.393. The first-order valence-corrected chi connectivity index (χ1v) is 30.7. The number of ether oxygens (including phenoxy) is 2. The first-order valence-electron chi connectivity index (χ1n) is 30.7. The van der Waals surface area contributed by atoms with E-state index in [1.165, 1.54) is 154 Å². The minimum atomic E-state index is -0.905. The Morgan fingerprint density at radius 3 is 0.771 bits per heavy atom. The van der Waals surface area contributed by atoms with E-state index in [-0.39, 0.29) is 0 Å². The van der Waals surface area contributed by atoms with Gasteiger partial charge < -0.3 is 29.9 Å². The lowest BCUT2D eigenvalue weighted by molar-refractivity contribution is -0.196. The Balaban J connectivity index is 2.60. The van der Waals surface area contributed by atoms with Crippen LogP contribution in [-0.2, 0) is 19.1 Å². The first-order chi connectivity index (χ1) is 34.1. The molecule has 1 aliphatic heterocycles. The van der Waals surface area contributed by atoms with Gasteiger partial charge in [0.1, 0.15) is 0 Å². The molecule has 10 nitrogen and oxygen atoms in total. The molecule has 1 saturated heterocycles. The lowest BCUT2D eigenvalue weighted by Gasteiger charge is -2.29. The minimum Gasteiger partial charge on any atom is -0.448 e. The number of carbonyl (C=O) groups is 2. The van der Waals surface area contributed by atoms with Crippen molar-refractivity contribution >= 4 is 11.9 Å². The molecule has 1 heterocycles. The molecule has 6 unspecified atom stereocenters. The fraction of sp³-hybridized carbons (Fsp3) is 0.967. The van der Waals surface area contributed by atoms with Gasteiger partial charge in [0, 0.05) is 26.2 Å². The summed E-state index contributed by atoms with van der Waals surface area (Å²) in [7, 11) is 0. The molecule has 70 heavy (non-hydrogen) atoms. The molecule has 0 saturated carbocycles. The Hall–Kier alpha value is -1.30. The molecule has 6 atom stereocenters. The van der Waals surface area contributed by atoms with Crippen LogP contribution in [0.4, 0.5) is 0 Å². The van der Waals surface area contributed by atoms with E-state index in [4.69, 9.17) is 9.47 Å². The van der Waals surface area contributed by atoms with Crippen molar-refractivity contribution in [2.45, 2.75) is 334 Å². The summed E-state index contributed by atoms with van der Waals surface area (Å²) < 4.78 is 11.4. The Morgan fingerprint density at radius 2 is 0.543 bits per heavy atom. The number of unbranched alkanes of at least 4 members (excludes halogenated alkanes) is 30. The SMILES string of the molecule is CCCCCCCCCCC(O)CN(CCCCC1OC(=O)C(CCCCN(CC(O)CCCCCCCCCC)CC(O)CCCCCCCCCC)OC1=O)CC(O)CCCCCCCCCC. The Bertz CT molecular complexity index is 1000. The molecule has 4 N–H and O–H groups in total. The normalized spacial score (nSPS) is 17.1. The Morgan fingerprint density at radius 1 is 0.329 bits per heavy atom. The highest BCUT2D eigenvalue weighted by molar-refractivity contribution is 5.87. The first kappa shape index (κ1) is 66.7. The van der Waals surface area contributed by atoms with Gasteiger partial charge in [-0.15, -0.1) is 0 Å². The van der Waals surface area contributed by atoms with E-state index in [9.17, 15) is 30.0 Å². The molecular formula is C60H118N2O8. The fourth-order valence-electron chi connectivity index (χ4n) is 10.3. The standard InChI is InChI=1S/C60H118N2O8/c1-5-9-13-17-21-25-29-33-41-53(63)49-61(50-54(64)42-34-30-26-22-18-14-10-6-2)47-39-37-45-57-59(67)70-58(60(68)69-57)46-38-40-48-62(51-55(65)43-35-31-27-23-19-15-11-7-3)52-56(66)44-36-32-28-24-20-16-12-8-4/h53-58,63-66H,5-52H2,1-4H3. The summed E-state index contributed by atoms with van der Waals surface area (Å²) in [5.41, 5.74) is 0. The van der Waals surface area contributed by atoms with Crippen molar-refractivity contribution in [3.63, 3.8) is 0 Å². The van der Waals surface area contributed by atoms with Gasteiger partial charge in [-0.3, -0.25) is 9.80 Å². The molecule has 0 spiro atoms. The predicted molar refractivity (Wildman–Crippen MR) is 293 cm³/mol. The molecule has 0 radical (unpaired) electrons. The highest BCUT2D eigenvalue weighted by atomic mass is 16.6. The zero-order chi connectivity index (χ0) is 51.1. The average molecular weight is 996 g/mol. The molecule has 1 rings (SSSR count). The molecule has 1 fully saturated rings. The third-order valence-corrected chi connectivity index (χ3v) is 14.9. The van der Waals surface area contributed by atoms with Crippen molar-refractivity contribution in [2.24, 2.45) is 0 Å². The van der Waals surface area contributed by atoms with Crippen LogP contribution in [0.1, 0.15) is 297 Å². The second kappa shape index (κ2) is 48.6. The summed E-state index contributed by atoms with van der Waals surface area (Å²) in [4.78, 5) is 30.6. The van der Waals surface area contributed by atoms with Gasteiger partial charge in [-0.1, -0.05) is 233 Å². The highest BCUT2D eigenvalue weighted by Crippen LogP contribution is 2.22. The van der Waals surface area contributed by atoms with E-state index in [0.29, 0.717) is 65.0 Å². The number of cyclic esters (lactones) is 2. The lowest BCUT2D eigenvalue weighted by atomic mass is 10.0. The summed E-state index contributed by atoms with van der Waals surface area (Å²) in [6.45, 7) is 12.5. The summed E-state index contributed by atoms with van der Waals surface area (Å²) in [6.07, 6.45) is 42.6. The maximum absolute atomic E-state index is 13.1. The van der Waals surface area contributed by atoms with E-state index >= 15 is 0 Å². The molecule has 0 aromatic carbocycles. The molecule has 1 aliphatic rings. The summed E-state index contributed by atoms with van der Waals surface area (Å²) in [5, 5.41) is 44.1. The van der Waals surface area contributed by atoms with Crippen LogP contribution >= 0.6 is 0 Å². The van der Waals surface area contributed by atoms with Crippen LogP contribution in [0.15, 0.2) is 0 Å². The Kier molecular flexibility index (Phi) is 46.3. The quantitative estimate of drug-likeness (QED) is 0.0344. The van der Waals surface area contributed by atoms with E-state index < -0.39 is 48.6 Å². The molecule has 0 aromatic rings. The summed E-state index contributed by atoms with van der Waals surface area (Å²) in [5.74, 6) is -0.948. The van der Waals surface area contributed by atoms with Crippen LogP contribution in [-0.4, -0.2) is 118 Å². The third kappa shape index (κ3) is 40.1. The van der Waals surface area contributed by atoms with Crippen molar-refractivity contribution in [1.82, 2.24) is 9.80 Å². The van der Waals surface area contributed by atoms with Crippen molar-refractivity contribution in [1.29, 1.82) is 0 Å². The number of esters is 2. The van der Waals surface area contributed by atoms with Crippen molar-refractivity contribution in [2.75, 3.05) is 39.3 Å². The van der Waals surface area contributed by atoms with E-state index in [1.54, 1.807) is 0 Å². The number of aliphatic hydroxyl groups excluding tert-OH is 4. The average Bonchev–Trinajstić information content (AvgIpc) is 3.33. The lowest BCUT2D eigenvalue weighted by Crippen LogP contribution is -2.44. The number of nitrogens with zero attached hydrogens (tertiary/aromatic N) is 2. The van der Waals surface area contributed by atoms with E-state index in [1.807, 2.05) is 0 Å². The third-order valence-electron chi connectivity index (χ3n) is 14.9. The molecular weight excluding hydrogens is 877 g/mol. The summed E-state index contributed by atoms with van der Waals surface area (Å²) >= 11 is 0. The number of rotatable bonds is 54. The van der Waals surface area contributed by atoms with Crippen LogP contribution in [0.3, 0.4) is 0 Å². The van der Waals surface area contributed by atoms with Crippen LogP contribution in [0.2, 0.25) is 0 Å². The number of carbonyl (C=O) groups excluding carboxylic acids is 2.